The molecule has 3 aromatic carbocycles. The number of imide groups is 1. The Kier molecular flexibility index (Phi) is 8.82. The van der Waals surface area contributed by atoms with Crippen LogP contribution in [0.25, 0.3) is 6.08 Å². The molecular weight excluding hydrogens is 545 g/mol. The molecule has 1 aliphatic rings. The zero-order chi connectivity index (χ0) is 27.4. The minimum absolute atomic E-state index is 0.0987. The summed E-state index contributed by atoms with van der Waals surface area (Å²) in [4.78, 5) is 39.7. The van der Waals surface area contributed by atoms with E-state index < -0.39 is 17.1 Å². The molecule has 1 fully saturated rings. The van der Waals surface area contributed by atoms with Crippen LogP contribution < -0.4 is 9.47 Å². The molecule has 0 spiro atoms. The van der Waals surface area contributed by atoms with Gasteiger partial charge in [-0.25, -0.2) is 4.79 Å². The van der Waals surface area contributed by atoms with Crippen LogP contribution in [-0.2, 0) is 4.79 Å². The Bertz CT molecular complexity index is 1420. The number of ether oxygens (including phenoxy) is 2. The zero-order valence-corrected chi connectivity index (χ0v) is 23.3. The topological polar surface area (TPSA) is 72.9 Å². The number of carbonyl (C=O) groups excluding carboxylic acids is 3. The molecule has 0 N–H and O–H groups in total. The van der Waals surface area contributed by atoms with E-state index >= 15 is 0 Å². The molecule has 9 heteroatoms. The molecule has 4 rings (SSSR count). The summed E-state index contributed by atoms with van der Waals surface area (Å²) in [5, 5.41) is 0.475. The molecule has 2 amide bonds. The number of amides is 2. The molecular formula is C29H25Cl2NO5S. The minimum atomic E-state index is -0.596. The Morgan fingerprint density at radius 3 is 2.39 bits per heavy atom. The molecule has 0 bridgehead atoms. The van der Waals surface area contributed by atoms with Crippen LogP contribution in [0.2, 0.25) is 10.0 Å². The highest BCUT2D eigenvalue weighted by atomic mass is 35.5. The first kappa shape index (κ1) is 27.8. The van der Waals surface area contributed by atoms with Crippen molar-refractivity contribution in [2.24, 2.45) is 0 Å². The van der Waals surface area contributed by atoms with Gasteiger partial charge in [0.2, 0.25) is 0 Å². The molecule has 6 nitrogen and oxygen atoms in total. The maximum Gasteiger partial charge on any atom is 0.343 e. The maximum atomic E-state index is 13.1. The quantitative estimate of drug-likeness (QED) is 0.157. The standard InChI is InChI=1S/C29H25Cl2NO5S/c1-17(2)23-10-4-18(3)14-25(23)36-13-12-32-27(33)26(38-29(32)35)16-20-15-22(31)9-11-24(20)37-28(34)19-5-7-21(30)8-6-19/h4-11,14-17H,12-13H2,1-3H3/b26-16-. The normalized spacial score (nSPS) is 14.5. The number of hydrogen-bond acceptors (Lipinski definition) is 6. The Balaban J connectivity index is 1.48. The van der Waals surface area contributed by atoms with Crippen LogP contribution >= 0.6 is 35.0 Å². The third-order valence-electron chi connectivity index (χ3n) is 5.78. The van der Waals surface area contributed by atoms with E-state index in [9.17, 15) is 14.4 Å². The number of aryl methyl sites for hydroxylation is 1. The molecule has 1 saturated heterocycles. The number of hydrogen-bond donors (Lipinski definition) is 0. The first-order valence-electron chi connectivity index (χ1n) is 11.9. The van der Waals surface area contributed by atoms with Crippen LogP contribution in [0.15, 0.2) is 65.6 Å². The highest BCUT2D eigenvalue weighted by Gasteiger charge is 2.35. The van der Waals surface area contributed by atoms with E-state index in [-0.39, 0.29) is 29.7 Å². The Morgan fingerprint density at radius 2 is 1.68 bits per heavy atom. The van der Waals surface area contributed by atoms with Gasteiger partial charge in [-0.2, -0.15) is 0 Å². The second kappa shape index (κ2) is 12.1. The second-order valence-corrected chi connectivity index (χ2v) is 10.8. The number of rotatable bonds is 8. The van der Waals surface area contributed by atoms with Crippen molar-refractivity contribution < 1.29 is 23.9 Å². The van der Waals surface area contributed by atoms with Crippen molar-refractivity contribution in [3.63, 3.8) is 0 Å². The van der Waals surface area contributed by atoms with Crippen LogP contribution in [0.5, 0.6) is 11.5 Å². The summed E-state index contributed by atoms with van der Waals surface area (Å²) < 4.78 is 11.5. The molecule has 0 saturated carbocycles. The van der Waals surface area contributed by atoms with E-state index in [0.29, 0.717) is 21.2 Å². The van der Waals surface area contributed by atoms with Crippen molar-refractivity contribution in [1.82, 2.24) is 4.90 Å². The fourth-order valence-electron chi connectivity index (χ4n) is 3.79. The lowest BCUT2D eigenvalue weighted by molar-refractivity contribution is -0.123. The monoisotopic (exact) mass is 569 g/mol. The molecule has 0 aliphatic carbocycles. The van der Waals surface area contributed by atoms with Crippen LogP contribution in [0.4, 0.5) is 4.79 Å². The third kappa shape index (κ3) is 6.59. The van der Waals surface area contributed by atoms with Crippen molar-refractivity contribution in [2.45, 2.75) is 26.7 Å². The van der Waals surface area contributed by atoms with E-state index in [1.54, 1.807) is 36.4 Å². The van der Waals surface area contributed by atoms with Gasteiger partial charge in [-0.15, -0.1) is 0 Å². The lowest BCUT2D eigenvalue weighted by Crippen LogP contribution is -2.32. The van der Waals surface area contributed by atoms with Crippen molar-refractivity contribution in [1.29, 1.82) is 0 Å². The molecule has 1 heterocycles. The summed E-state index contributed by atoms with van der Waals surface area (Å²) in [6.45, 7) is 6.40. The van der Waals surface area contributed by atoms with Crippen molar-refractivity contribution in [3.05, 3.63) is 97.9 Å². The van der Waals surface area contributed by atoms with Crippen molar-refractivity contribution in [2.75, 3.05) is 13.2 Å². The predicted octanol–water partition coefficient (Wildman–Crippen LogP) is 7.76. The van der Waals surface area contributed by atoms with Crippen molar-refractivity contribution in [3.8, 4) is 11.5 Å². The fraction of sp³-hybridized carbons (Fsp3) is 0.207. The molecule has 0 atom stereocenters. The number of halogens is 2. The Labute approximate surface area is 235 Å². The lowest BCUT2D eigenvalue weighted by Gasteiger charge is -2.17. The summed E-state index contributed by atoms with van der Waals surface area (Å²) in [5.74, 6) is 0.165. The van der Waals surface area contributed by atoms with Gasteiger partial charge in [-0.1, -0.05) is 49.2 Å². The summed E-state index contributed by atoms with van der Waals surface area (Å²) in [6.07, 6.45) is 1.50. The average molecular weight is 570 g/mol. The van der Waals surface area contributed by atoms with Crippen LogP contribution in [0.1, 0.15) is 46.8 Å². The molecule has 0 unspecified atom stereocenters. The number of nitrogens with zero attached hydrogens (tertiary/aromatic N) is 1. The van der Waals surface area contributed by atoms with E-state index in [1.165, 1.54) is 12.1 Å². The second-order valence-electron chi connectivity index (χ2n) is 8.96. The average Bonchev–Trinajstić information content (AvgIpc) is 3.13. The van der Waals surface area contributed by atoms with E-state index in [4.69, 9.17) is 32.7 Å². The Hall–Kier alpha value is -3.26. The summed E-state index contributed by atoms with van der Waals surface area (Å²) >= 11 is 12.9. The third-order valence-corrected chi connectivity index (χ3v) is 7.17. The van der Waals surface area contributed by atoms with E-state index in [1.807, 2.05) is 25.1 Å². The molecule has 196 valence electrons. The lowest BCUT2D eigenvalue weighted by atomic mass is 10.0. The van der Waals surface area contributed by atoms with Gasteiger partial charge in [0.15, 0.2) is 0 Å². The van der Waals surface area contributed by atoms with Gasteiger partial charge >= 0.3 is 5.97 Å². The fourth-order valence-corrected chi connectivity index (χ4v) is 4.96. The largest absolute Gasteiger partial charge is 0.491 e. The highest BCUT2D eigenvalue weighted by Crippen LogP contribution is 2.35. The minimum Gasteiger partial charge on any atom is -0.491 e. The SMILES string of the molecule is Cc1ccc(C(C)C)c(OCCN2C(=O)S/C(=C\c3cc(Cl)ccc3OC(=O)c3ccc(Cl)cc3)C2=O)c1. The summed E-state index contributed by atoms with van der Waals surface area (Å²) in [6, 6.07) is 17.0. The zero-order valence-electron chi connectivity index (χ0n) is 21.0. The number of carbonyl (C=O) groups is 3. The van der Waals surface area contributed by atoms with Gasteiger partial charge in [0.1, 0.15) is 18.1 Å². The molecule has 38 heavy (non-hydrogen) atoms. The van der Waals surface area contributed by atoms with Crippen molar-refractivity contribution >= 4 is 58.2 Å². The Morgan fingerprint density at radius 1 is 0.974 bits per heavy atom. The van der Waals surface area contributed by atoms with E-state index in [2.05, 4.69) is 13.8 Å². The van der Waals surface area contributed by atoms with Gasteiger partial charge in [0, 0.05) is 15.6 Å². The van der Waals surface area contributed by atoms with Gasteiger partial charge in [-0.3, -0.25) is 14.5 Å². The molecule has 0 radical (unpaired) electrons. The number of esters is 1. The molecule has 1 aliphatic heterocycles. The van der Waals surface area contributed by atoms with Crippen LogP contribution in [0, 0.1) is 6.92 Å². The summed E-state index contributed by atoms with van der Waals surface area (Å²) in [7, 11) is 0. The molecule has 0 aromatic heterocycles. The number of thioether (sulfide) groups is 1. The van der Waals surface area contributed by atoms with Gasteiger partial charge in [-0.05, 0) is 90.3 Å². The van der Waals surface area contributed by atoms with Gasteiger partial charge in [0.05, 0.1) is 17.0 Å². The van der Waals surface area contributed by atoms with Gasteiger partial charge < -0.3 is 9.47 Å². The van der Waals surface area contributed by atoms with Gasteiger partial charge in [0.25, 0.3) is 11.1 Å². The first-order chi connectivity index (χ1) is 18.1. The number of benzene rings is 3. The molecule has 3 aromatic rings. The maximum absolute atomic E-state index is 13.1. The smallest absolute Gasteiger partial charge is 0.343 e. The van der Waals surface area contributed by atoms with Crippen LogP contribution in [-0.4, -0.2) is 35.2 Å². The van der Waals surface area contributed by atoms with E-state index in [0.717, 1.165) is 33.5 Å². The first-order valence-corrected chi connectivity index (χ1v) is 13.5. The highest BCUT2D eigenvalue weighted by molar-refractivity contribution is 8.18. The summed E-state index contributed by atoms with van der Waals surface area (Å²) in [5.41, 5.74) is 2.83. The van der Waals surface area contributed by atoms with Crippen LogP contribution in [0.3, 0.4) is 0 Å². The predicted molar refractivity (Wildman–Crippen MR) is 151 cm³/mol.